The maximum atomic E-state index is 12.3. The SMILES string of the molecule is COc1cc(NC(=O)CCc2nc3c(s2)CCCC3)cc(OC)c1OC. The molecule has 1 aliphatic rings. The molecule has 6 nitrogen and oxygen atoms in total. The van der Waals surface area contributed by atoms with Crippen LogP contribution in [0.3, 0.4) is 0 Å². The van der Waals surface area contributed by atoms with Crippen LogP contribution in [0.5, 0.6) is 17.2 Å². The van der Waals surface area contributed by atoms with E-state index in [1.54, 1.807) is 44.8 Å². The van der Waals surface area contributed by atoms with Crippen LogP contribution < -0.4 is 19.5 Å². The Kier molecular flexibility index (Phi) is 5.98. The fourth-order valence-electron chi connectivity index (χ4n) is 3.11. The predicted molar refractivity (Wildman–Crippen MR) is 102 cm³/mol. The number of carbonyl (C=O) groups excluding carboxylic acids is 1. The summed E-state index contributed by atoms with van der Waals surface area (Å²) in [5, 5.41) is 3.95. The maximum absolute atomic E-state index is 12.3. The van der Waals surface area contributed by atoms with Crippen LogP contribution in [0.2, 0.25) is 0 Å². The summed E-state index contributed by atoms with van der Waals surface area (Å²) >= 11 is 1.75. The number of methoxy groups -OCH3 is 3. The highest BCUT2D eigenvalue weighted by atomic mass is 32.1. The number of nitrogens with one attached hydrogen (secondary N) is 1. The lowest BCUT2D eigenvalue weighted by atomic mass is 10.0. The van der Waals surface area contributed by atoms with Crippen molar-refractivity contribution in [3.8, 4) is 17.2 Å². The third-order valence-corrected chi connectivity index (χ3v) is 5.62. The molecule has 1 aromatic heterocycles. The minimum atomic E-state index is -0.0626. The van der Waals surface area contributed by atoms with Gasteiger partial charge in [-0.1, -0.05) is 0 Å². The van der Waals surface area contributed by atoms with E-state index >= 15 is 0 Å². The summed E-state index contributed by atoms with van der Waals surface area (Å²) in [5.41, 5.74) is 1.85. The maximum Gasteiger partial charge on any atom is 0.224 e. The van der Waals surface area contributed by atoms with E-state index in [2.05, 4.69) is 10.3 Å². The Morgan fingerprint density at radius 2 is 1.81 bits per heavy atom. The molecule has 0 saturated carbocycles. The van der Waals surface area contributed by atoms with Crippen molar-refractivity contribution in [1.82, 2.24) is 4.98 Å². The number of ether oxygens (including phenoxy) is 3. The Bertz CT molecular complexity index is 739. The average Bonchev–Trinajstić information content (AvgIpc) is 3.08. The van der Waals surface area contributed by atoms with Crippen LogP contribution in [0.15, 0.2) is 12.1 Å². The molecule has 1 heterocycles. The van der Waals surface area contributed by atoms with E-state index in [1.165, 1.54) is 23.4 Å². The molecule has 0 spiro atoms. The van der Waals surface area contributed by atoms with Crippen molar-refractivity contribution >= 4 is 22.9 Å². The van der Waals surface area contributed by atoms with Gasteiger partial charge in [-0.3, -0.25) is 4.79 Å². The van der Waals surface area contributed by atoms with Gasteiger partial charge in [0, 0.05) is 35.5 Å². The average molecular weight is 376 g/mol. The smallest absolute Gasteiger partial charge is 0.224 e. The Labute approximate surface area is 157 Å². The number of anilines is 1. The minimum Gasteiger partial charge on any atom is -0.493 e. The fraction of sp³-hybridized carbons (Fsp3) is 0.474. The molecular weight excluding hydrogens is 352 g/mol. The minimum absolute atomic E-state index is 0.0626. The number of benzene rings is 1. The Balaban J connectivity index is 1.63. The zero-order chi connectivity index (χ0) is 18.5. The molecule has 1 N–H and O–H groups in total. The molecule has 3 rings (SSSR count). The van der Waals surface area contributed by atoms with Crippen LogP contribution in [0, 0.1) is 0 Å². The number of hydrogen-bond donors (Lipinski definition) is 1. The van der Waals surface area contributed by atoms with Crippen molar-refractivity contribution in [2.45, 2.75) is 38.5 Å². The Hall–Kier alpha value is -2.28. The fourth-order valence-corrected chi connectivity index (χ4v) is 4.27. The van der Waals surface area contributed by atoms with Crippen LogP contribution in [0.4, 0.5) is 5.69 Å². The third-order valence-electron chi connectivity index (χ3n) is 4.40. The van der Waals surface area contributed by atoms with E-state index in [4.69, 9.17) is 14.2 Å². The zero-order valence-electron chi connectivity index (χ0n) is 15.4. The number of rotatable bonds is 7. The quantitative estimate of drug-likeness (QED) is 0.799. The Morgan fingerprint density at radius 1 is 1.12 bits per heavy atom. The van der Waals surface area contributed by atoms with Gasteiger partial charge in [0.2, 0.25) is 11.7 Å². The molecular formula is C19H24N2O4S. The first-order valence-electron chi connectivity index (χ1n) is 8.72. The standard InChI is InChI=1S/C19H24N2O4S/c1-23-14-10-12(11-15(24-2)19(14)25-3)20-17(22)8-9-18-21-13-6-4-5-7-16(13)26-18/h10-11H,4-9H2,1-3H3,(H,20,22). The largest absolute Gasteiger partial charge is 0.493 e. The van der Waals surface area contributed by atoms with Crippen LogP contribution in [0.25, 0.3) is 0 Å². The molecule has 2 aromatic rings. The van der Waals surface area contributed by atoms with Crippen LogP contribution in [-0.4, -0.2) is 32.2 Å². The monoisotopic (exact) mass is 376 g/mol. The van der Waals surface area contributed by atoms with Gasteiger partial charge in [-0.2, -0.15) is 0 Å². The van der Waals surface area contributed by atoms with Crippen molar-refractivity contribution in [3.05, 3.63) is 27.7 Å². The number of fused-ring (bicyclic) bond motifs is 1. The van der Waals surface area contributed by atoms with E-state index < -0.39 is 0 Å². The summed E-state index contributed by atoms with van der Waals surface area (Å²) in [6, 6.07) is 3.45. The van der Waals surface area contributed by atoms with Crippen molar-refractivity contribution in [3.63, 3.8) is 0 Å². The molecule has 0 atom stereocenters. The molecule has 0 fully saturated rings. The van der Waals surface area contributed by atoms with Gasteiger partial charge < -0.3 is 19.5 Å². The molecule has 1 amide bonds. The molecule has 26 heavy (non-hydrogen) atoms. The van der Waals surface area contributed by atoms with E-state index in [-0.39, 0.29) is 5.91 Å². The molecule has 0 saturated heterocycles. The van der Waals surface area contributed by atoms with Crippen LogP contribution in [-0.2, 0) is 24.1 Å². The Morgan fingerprint density at radius 3 is 2.42 bits per heavy atom. The van der Waals surface area contributed by atoms with Crippen LogP contribution in [0.1, 0.15) is 34.8 Å². The highest BCUT2D eigenvalue weighted by molar-refractivity contribution is 7.11. The lowest BCUT2D eigenvalue weighted by Gasteiger charge is -2.14. The second-order valence-electron chi connectivity index (χ2n) is 6.15. The topological polar surface area (TPSA) is 69.7 Å². The van der Waals surface area contributed by atoms with Gasteiger partial charge in [-0.25, -0.2) is 4.98 Å². The molecule has 0 radical (unpaired) electrons. The normalized spacial score (nSPS) is 13.0. The van der Waals surface area contributed by atoms with E-state index in [0.29, 0.717) is 35.8 Å². The number of thiazole rings is 1. The molecule has 7 heteroatoms. The number of carbonyl (C=O) groups is 1. The number of amides is 1. The number of aryl methyl sites for hydroxylation is 3. The van der Waals surface area contributed by atoms with Crippen molar-refractivity contribution in [1.29, 1.82) is 0 Å². The lowest BCUT2D eigenvalue weighted by Crippen LogP contribution is -2.12. The highest BCUT2D eigenvalue weighted by Gasteiger charge is 2.17. The van der Waals surface area contributed by atoms with Gasteiger partial charge in [-0.15, -0.1) is 11.3 Å². The highest BCUT2D eigenvalue weighted by Crippen LogP contribution is 2.40. The van der Waals surface area contributed by atoms with Gasteiger partial charge in [0.25, 0.3) is 0 Å². The summed E-state index contributed by atoms with van der Waals surface area (Å²) in [4.78, 5) is 18.4. The molecule has 1 aliphatic carbocycles. The van der Waals surface area contributed by atoms with Crippen molar-refractivity contribution < 1.29 is 19.0 Å². The zero-order valence-corrected chi connectivity index (χ0v) is 16.2. The molecule has 0 unspecified atom stereocenters. The summed E-state index contributed by atoms with van der Waals surface area (Å²) in [7, 11) is 4.65. The number of aromatic nitrogens is 1. The van der Waals surface area contributed by atoms with Gasteiger partial charge in [0.1, 0.15) is 0 Å². The van der Waals surface area contributed by atoms with Gasteiger partial charge in [-0.05, 0) is 25.7 Å². The lowest BCUT2D eigenvalue weighted by molar-refractivity contribution is -0.116. The van der Waals surface area contributed by atoms with Gasteiger partial charge in [0.05, 0.1) is 32.0 Å². The van der Waals surface area contributed by atoms with Crippen molar-refractivity contribution in [2.24, 2.45) is 0 Å². The second-order valence-corrected chi connectivity index (χ2v) is 7.31. The van der Waals surface area contributed by atoms with E-state index in [1.807, 2.05) is 0 Å². The number of nitrogens with zero attached hydrogens (tertiary/aromatic N) is 1. The molecule has 0 aliphatic heterocycles. The molecule has 140 valence electrons. The van der Waals surface area contributed by atoms with Gasteiger partial charge in [0.15, 0.2) is 11.5 Å². The first-order chi connectivity index (χ1) is 12.6. The first-order valence-corrected chi connectivity index (χ1v) is 9.53. The summed E-state index contributed by atoms with van der Waals surface area (Å²) in [6.45, 7) is 0. The molecule has 0 bridgehead atoms. The predicted octanol–water partition coefficient (Wildman–Crippen LogP) is 3.62. The van der Waals surface area contributed by atoms with E-state index in [9.17, 15) is 4.79 Å². The summed E-state index contributed by atoms with van der Waals surface area (Å²) < 4.78 is 15.9. The summed E-state index contributed by atoms with van der Waals surface area (Å²) in [5.74, 6) is 1.46. The van der Waals surface area contributed by atoms with Crippen molar-refractivity contribution in [2.75, 3.05) is 26.6 Å². The second kappa shape index (κ2) is 8.40. The van der Waals surface area contributed by atoms with E-state index in [0.717, 1.165) is 17.8 Å². The number of hydrogen-bond acceptors (Lipinski definition) is 6. The van der Waals surface area contributed by atoms with Crippen LogP contribution >= 0.6 is 11.3 Å². The molecule has 1 aromatic carbocycles. The first kappa shape index (κ1) is 18.5. The summed E-state index contributed by atoms with van der Waals surface area (Å²) in [6.07, 6.45) is 5.72. The third kappa shape index (κ3) is 4.09. The van der Waals surface area contributed by atoms with Gasteiger partial charge >= 0.3 is 0 Å².